The zero-order chi connectivity index (χ0) is 13.5. The molecule has 0 radical (unpaired) electrons. The molecule has 0 spiro atoms. The Hall–Kier alpha value is -2.28. The normalized spacial score (nSPS) is 17.1. The van der Waals surface area contributed by atoms with Crippen LogP contribution < -0.4 is 19.5 Å². The first-order chi connectivity index (χ1) is 9.85. The molecule has 7 heteroatoms. The molecule has 7 nitrogen and oxygen atoms in total. The van der Waals surface area contributed by atoms with Crippen LogP contribution in [0.25, 0.3) is 11.3 Å². The lowest BCUT2D eigenvalue weighted by Gasteiger charge is -2.26. The second-order valence-corrected chi connectivity index (χ2v) is 4.81. The van der Waals surface area contributed by atoms with Crippen LogP contribution in [-0.4, -0.2) is 42.0 Å². The largest absolute Gasteiger partial charge is 0.493 e. The van der Waals surface area contributed by atoms with Crippen LogP contribution in [0.4, 0.5) is 0 Å². The van der Waals surface area contributed by atoms with E-state index in [1.807, 2.05) is 23.0 Å². The van der Waals surface area contributed by atoms with Crippen LogP contribution in [-0.2, 0) is 0 Å². The molecule has 3 heterocycles. The number of hydrogen-bond acceptors (Lipinski definition) is 6. The third-order valence-electron chi connectivity index (χ3n) is 3.60. The Morgan fingerprint density at radius 3 is 3.00 bits per heavy atom. The Balaban J connectivity index is 1.72. The maximum atomic E-state index is 5.42. The lowest BCUT2D eigenvalue weighted by atomic mass is 10.1. The van der Waals surface area contributed by atoms with Crippen molar-refractivity contribution < 1.29 is 14.2 Å². The Morgan fingerprint density at radius 2 is 2.25 bits per heavy atom. The summed E-state index contributed by atoms with van der Waals surface area (Å²) < 4.78 is 18.0. The highest BCUT2D eigenvalue weighted by atomic mass is 16.7. The standard InChI is InChI=1S/C13H14N4O3/c1-18-11-2-8(3-12-13(11)20-7-19-12)10-6-17(16-15-10)9-4-14-5-9/h2-3,6,9,14H,4-5,7H2,1H3. The highest BCUT2D eigenvalue weighted by molar-refractivity contribution is 5.68. The molecule has 2 aliphatic rings. The van der Waals surface area contributed by atoms with E-state index in [0.717, 1.165) is 24.3 Å². The summed E-state index contributed by atoms with van der Waals surface area (Å²) in [5.74, 6) is 1.97. The van der Waals surface area contributed by atoms with E-state index in [9.17, 15) is 0 Å². The van der Waals surface area contributed by atoms with E-state index in [-0.39, 0.29) is 6.79 Å². The first-order valence-electron chi connectivity index (χ1n) is 6.45. The van der Waals surface area contributed by atoms with Crippen molar-refractivity contribution >= 4 is 0 Å². The van der Waals surface area contributed by atoms with Gasteiger partial charge >= 0.3 is 0 Å². The molecule has 0 unspecified atom stereocenters. The van der Waals surface area contributed by atoms with Crippen molar-refractivity contribution in [1.82, 2.24) is 20.3 Å². The SMILES string of the molecule is COc1cc(-c2cn(C3CNC3)nn2)cc2c1OCO2. The maximum absolute atomic E-state index is 5.42. The average Bonchev–Trinajstić information content (AvgIpc) is 3.03. The molecule has 1 saturated heterocycles. The summed E-state index contributed by atoms with van der Waals surface area (Å²) in [4.78, 5) is 0. The smallest absolute Gasteiger partial charge is 0.231 e. The first kappa shape index (κ1) is 11.5. The van der Waals surface area contributed by atoms with Gasteiger partial charge < -0.3 is 19.5 Å². The molecule has 0 amide bonds. The number of rotatable bonds is 3. The summed E-state index contributed by atoms with van der Waals surface area (Å²) in [7, 11) is 1.61. The molecule has 2 aliphatic heterocycles. The minimum atomic E-state index is 0.218. The summed E-state index contributed by atoms with van der Waals surface area (Å²) >= 11 is 0. The van der Waals surface area contributed by atoms with E-state index in [1.54, 1.807) is 7.11 Å². The number of benzene rings is 1. The zero-order valence-corrected chi connectivity index (χ0v) is 11.0. The molecule has 0 bridgehead atoms. The van der Waals surface area contributed by atoms with Gasteiger partial charge in [-0.05, 0) is 12.1 Å². The molecule has 2 aromatic rings. The Labute approximate surface area is 115 Å². The van der Waals surface area contributed by atoms with Crippen LogP contribution in [0.3, 0.4) is 0 Å². The lowest BCUT2D eigenvalue weighted by molar-refractivity contribution is 0.171. The van der Waals surface area contributed by atoms with Gasteiger partial charge in [-0.3, -0.25) is 0 Å². The molecule has 4 rings (SSSR count). The molecule has 0 aliphatic carbocycles. The predicted octanol–water partition coefficient (Wildman–Crippen LogP) is 0.827. The summed E-state index contributed by atoms with van der Waals surface area (Å²) in [5.41, 5.74) is 1.71. The van der Waals surface area contributed by atoms with Crippen LogP contribution in [0, 0.1) is 0 Å². The monoisotopic (exact) mass is 274 g/mol. The minimum absolute atomic E-state index is 0.218. The van der Waals surface area contributed by atoms with Gasteiger partial charge in [0.2, 0.25) is 12.5 Å². The number of ether oxygens (including phenoxy) is 3. The number of hydrogen-bond donors (Lipinski definition) is 1. The summed E-state index contributed by atoms with van der Waals surface area (Å²) in [5, 5.41) is 11.6. The Bertz CT molecular complexity index is 651. The van der Waals surface area contributed by atoms with Gasteiger partial charge in [0.05, 0.1) is 19.3 Å². The molecule has 104 valence electrons. The van der Waals surface area contributed by atoms with Crippen LogP contribution in [0.1, 0.15) is 6.04 Å². The molecule has 1 aromatic carbocycles. The van der Waals surface area contributed by atoms with Crippen molar-refractivity contribution in [2.45, 2.75) is 6.04 Å². The summed E-state index contributed by atoms with van der Waals surface area (Å²) in [6.45, 7) is 2.09. The fraction of sp³-hybridized carbons (Fsp3) is 0.385. The molecule has 1 fully saturated rings. The van der Waals surface area contributed by atoms with Crippen molar-refractivity contribution in [3.05, 3.63) is 18.3 Å². The summed E-state index contributed by atoms with van der Waals surface area (Å²) in [6.07, 6.45) is 1.95. The average molecular weight is 274 g/mol. The van der Waals surface area contributed by atoms with Crippen molar-refractivity contribution in [1.29, 1.82) is 0 Å². The third-order valence-corrected chi connectivity index (χ3v) is 3.60. The number of nitrogens with one attached hydrogen (secondary N) is 1. The molecule has 20 heavy (non-hydrogen) atoms. The fourth-order valence-corrected chi connectivity index (χ4v) is 2.33. The Kier molecular flexibility index (Phi) is 2.53. The number of methoxy groups -OCH3 is 1. The molecule has 1 aromatic heterocycles. The molecule has 0 saturated carbocycles. The predicted molar refractivity (Wildman–Crippen MR) is 70.0 cm³/mol. The van der Waals surface area contributed by atoms with E-state index >= 15 is 0 Å². The van der Waals surface area contributed by atoms with E-state index in [0.29, 0.717) is 23.3 Å². The van der Waals surface area contributed by atoms with Crippen molar-refractivity contribution in [3.63, 3.8) is 0 Å². The second-order valence-electron chi connectivity index (χ2n) is 4.81. The van der Waals surface area contributed by atoms with Gasteiger partial charge in [-0.25, -0.2) is 4.68 Å². The highest BCUT2D eigenvalue weighted by Gasteiger charge is 2.23. The van der Waals surface area contributed by atoms with E-state index in [1.165, 1.54) is 0 Å². The summed E-state index contributed by atoms with van der Waals surface area (Å²) in [6, 6.07) is 4.19. The fourth-order valence-electron chi connectivity index (χ4n) is 2.33. The van der Waals surface area contributed by atoms with Crippen LogP contribution in [0.15, 0.2) is 18.3 Å². The van der Waals surface area contributed by atoms with E-state index in [4.69, 9.17) is 14.2 Å². The quantitative estimate of drug-likeness (QED) is 0.894. The lowest BCUT2D eigenvalue weighted by Crippen LogP contribution is -2.43. The van der Waals surface area contributed by atoms with E-state index < -0.39 is 0 Å². The third kappa shape index (κ3) is 1.70. The maximum Gasteiger partial charge on any atom is 0.231 e. The molecule has 1 N–H and O–H groups in total. The van der Waals surface area contributed by atoms with Crippen molar-refractivity contribution in [2.75, 3.05) is 27.0 Å². The number of fused-ring (bicyclic) bond motifs is 1. The van der Waals surface area contributed by atoms with Gasteiger partial charge in [-0.2, -0.15) is 0 Å². The van der Waals surface area contributed by atoms with Gasteiger partial charge in [0.25, 0.3) is 0 Å². The highest BCUT2D eigenvalue weighted by Crippen LogP contribution is 2.43. The zero-order valence-electron chi connectivity index (χ0n) is 11.0. The number of nitrogens with zero attached hydrogens (tertiary/aromatic N) is 3. The number of aromatic nitrogens is 3. The van der Waals surface area contributed by atoms with Crippen molar-refractivity contribution in [2.24, 2.45) is 0 Å². The molecular weight excluding hydrogens is 260 g/mol. The van der Waals surface area contributed by atoms with Crippen LogP contribution >= 0.6 is 0 Å². The topological polar surface area (TPSA) is 70.4 Å². The van der Waals surface area contributed by atoms with Crippen molar-refractivity contribution in [3.8, 4) is 28.5 Å². The van der Waals surface area contributed by atoms with Gasteiger partial charge in [-0.1, -0.05) is 5.21 Å². The second kappa shape index (κ2) is 4.38. The van der Waals surface area contributed by atoms with Crippen LogP contribution in [0.5, 0.6) is 17.2 Å². The molecular formula is C13H14N4O3. The minimum Gasteiger partial charge on any atom is -0.493 e. The van der Waals surface area contributed by atoms with Gasteiger partial charge in [0.15, 0.2) is 11.5 Å². The van der Waals surface area contributed by atoms with Gasteiger partial charge in [-0.15, -0.1) is 5.10 Å². The van der Waals surface area contributed by atoms with E-state index in [2.05, 4.69) is 15.6 Å². The van der Waals surface area contributed by atoms with Gasteiger partial charge in [0.1, 0.15) is 5.69 Å². The first-order valence-corrected chi connectivity index (χ1v) is 6.45. The van der Waals surface area contributed by atoms with Crippen LogP contribution in [0.2, 0.25) is 0 Å². The van der Waals surface area contributed by atoms with Gasteiger partial charge in [0, 0.05) is 18.7 Å². The molecule has 0 atom stereocenters. The Morgan fingerprint density at radius 1 is 1.35 bits per heavy atom.